The Bertz CT molecular complexity index is 747. The second-order valence-corrected chi connectivity index (χ2v) is 6.67. The molecule has 0 atom stereocenters. The van der Waals surface area contributed by atoms with Crippen LogP contribution in [-0.4, -0.2) is 37.4 Å². The molecular weight excluding hydrogens is 376 g/mol. The van der Waals surface area contributed by atoms with E-state index in [1.54, 1.807) is 48.5 Å². The van der Waals surface area contributed by atoms with Crippen LogP contribution < -0.4 is 18.9 Å². The van der Waals surface area contributed by atoms with Crippen LogP contribution in [0.4, 0.5) is 0 Å². The van der Waals surface area contributed by atoms with Crippen LogP contribution in [0.5, 0.6) is 23.0 Å². The molecule has 156 valence electrons. The van der Waals surface area contributed by atoms with Crippen LogP contribution in [0.15, 0.2) is 48.5 Å². The molecule has 0 radical (unpaired) electrons. The molecule has 0 amide bonds. The first-order valence-corrected chi connectivity index (χ1v) is 9.35. The summed E-state index contributed by atoms with van der Waals surface area (Å²) in [6.07, 6.45) is -0.133. The zero-order valence-electron chi connectivity index (χ0n) is 17.0. The zero-order chi connectivity index (χ0) is 21.2. The molecule has 0 N–H and O–H groups in total. The molecule has 2 aromatic carbocycles. The Labute approximate surface area is 170 Å². The molecule has 29 heavy (non-hydrogen) atoms. The van der Waals surface area contributed by atoms with Crippen molar-refractivity contribution in [2.75, 3.05) is 13.2 Å². The SMILES string of the molecule is CC(C)Oc1ccccc1OC(=O)COCC(=O)Oc1ccccc1OC(C)C. The van der Waals surface area contributed by atoms with E-state index in [-0.39, 0.29) is 23.7 Å². The van der Waals surface area contributed by atoms with Crippen molar-refractivity contribution in [2.45, 2.75) is 39.9 Å². The topological polar surface area (TPSA) is 80.3 Å². The molecule has 0 bridgehead atoms. The number of carbonyl (C=O) groups excluding carboxylic acids is 2. The quantitative estimate of drug-likeness (QED) is 0.442. The van der Waals surface area contributed by atoms with E-state index in [2.05, 4.69) is 0 Å². The maximum atomic E-state index is 12.0. The van der Waals surface area contributed by atoms with Crippen LogP contribution in [0.25, 0.3) is 0 Å². The van der Waals surface area contributed by atoms with Crippen molar-refractivity contribution in [3.05, 3.63) is 48.5 Å². The number of hydrogen-bond donors (Lipinski definition) is 0. The van der Waals surface area contributed by atoms with Gasteiger partial charge in [-0.25, -0.2) is 9.59 Å². The van der Waals surface area contributed by atoms with Gasteiger partial charge in [0.2, 0.25) is 0 Å². The number of benzene rings is 2. The van der Waals surface area contributed by atoms with E-state index >= 15 is 0 Å². The van der Waals surface area contributed by atoms with Crippen LogP contribution in [0.3, 0.4) is 0 Å². The van der Waals surface area contributed by atoms with E-state index in [1.165, 1.54) is 0 Å². The van der Waals surface area contributed by atoms with E-state index in [0.717, 1.165) is 0 Å². The molecule has 0 saturated heterocycles. The number of rotatable bonds is 10. The predicted octanol–water partition coefficient (Wildman–Crippen LogP) is 3.79. The lowest BCUT2D eigenvalue weighted by Crippen LogP contribution is -2.22. The molecule has 2 aromatic rings. The Hall–Kier alpha value is -3.06. The second kappa shape index (κ2) is 11.1. The molecule has 0 unspecified atom stereocenters. The fourth-order valence-corrected chi connectivity index (χ4v) is 2.29. The van der Waals surface area contributed by atoms with Crippen molar-refractivity contribution in [3.8, 4) is 23.0 Å². The first-order chi connectivity index (χ1) is 13.8. The summed E-state index contributed by atoms with van der Waals surface area (Å²) in [5.41, 5.74) is 0. The molecule has 2 rings (SSSR count). The van der Waals surface area contributed by atoms with E-state index in [1.807, 2.05) is 27.7 Å². The molecule has 0 saturated carbocycles. The second-order valence-electron chi connectivity index (χ2n) is 6.67. The Kier molecular flexibility index (Phi) is 8.48. The summed E-state index contributed by atoms with van der Waals surface area (Å²) in [6.45, 7) is 6.68. The first-order valence-electron chi connectivity index (χ1n) is 9.35. The number of carbonyl (C=O) groups is 2. The summed E-state index contributed by atoms with van der Waals surface area (Å²) in [4.78, 5) is 24.0. The number of esters is 2. The summed E-state index contributed by atoms with van der Waals surface area (Å²) < 4.78 is 26.8. The Morgan fingerprint density at radius 1 is 0.655 bits per heavy atom. The normalized spacial score (nSPS) is 10.7. The monoisotopic (exact) mass is 402 g/mol. The Morgan fingerprint density at radius 3 is 1.34 bits per heavy atom. The molecule has 7 nitrogen and oxygen atoms in total. The molecule has 0 spiro atoms. The summed E-state index contributed by atoms with van der Waals surface area (Å²) in [7, 11) is 0. The van der Waals surface area contributed by atoms with Gasteiger partial charge in [0.25, 0.3) is 0 Å². The van der Waals surface area contributed by atoms with Crippen molar-refractivity contribution in [1.82, 2.24) is 0 Å². The zero-order valence-corrected chi connectivity index (χ0v) is 17.0. The Balaban J connectivity index is 1.82. The lowest BCUT2D eigenvalue weighted by molar-refractivity contribution is -0.145. The van der Waals surface area contributed by atoms with Gasteiger partial charge in [0, 0.05) is 0 Å². The van der Waals surface area contributed by atoms with E-state index < -0.39 is 25.2 Å². The summed E-state index contributed by atoms with van der Waals surface area (Å²) in [5.74, 6) is 0.186. The average Bonchev–Trinajstić information content (AvgIpc) is 2.64. The summed E-state index contributed by atoms with van der Waals surface area (Å²) >= 11 is 0. The van der Waals surface area contributed by atoms with Gasteiger partial charge in [0.05, 0.1) is 12.2 Å². The minimum Gasteiger partial charge on any atom is -0.487 e. The highest BCUT2D eigenvalue weighted by Gasteiger charge is 2.14. The maximum absolute atomic E-state index is 12.0. The fourth-order valence-electron chi connectivity index (χ4n) is 2.29. The van der Waals surface area contributed by atoms with Crippen LogP contribution in [-0.2, 0) is 14.3 Å². The van der Waals surface area contributed by atoms with E-state index in [0.29, 0.717) is 11.5 Å². The van der Waals surface area contributed by atoms with Crippen LogP contribution in [0.2, 0.25) is 0 Å². The smallest absolute Gasteiger partial charge is 0.337 e. The lowest BCUT2D eigenvalue weighted by atomic mass is 10.3. The van der Waals surface area contributed by atoms with Gasteiger partial charge in [-0.3, -0.25) is 0 Å². The molecule has 7 heteroatoms. The third kappa shape index (κ3) is 7.83. The predicted molar refractivity (Wildman–Crippen MR) is 107 cm³/mol. The van der Waals surface area contributed by atoms with Gasteiger partial charge in [-0.15, -0.1) is 0 Å². The van der Waals surface area contributed by atoms with Crippen molar-refractivity contribution in [1.29, 1.82) is 0 Å². The number of ether oxygens (including phenoxy) is 5. The minimum atomic E-state index is -0.652. The van der Waals surface area contributed by atoms with Gasteiger partial charge >= 0.3 is 11.9 Å². The third-order valence-corrected chi connectivity index (χ3v) is 3.31. The van der Waals surface area contributed by atoms with Crippen molar-refractivity contribution >= 4 is 11.9 Å². The summed E-state index contributed by atoms with van der Waals surface area (Å²) in [6, 6.07) is 13.7. The molecule has 0 aliphatic carbocycles. The van der Waals surface area contributed by atoms with Crippen molar-refractivity contribution in [3.63, 3.8) is 0 Å². The highest BCUT2D eigenvalue weighted by molar-refractivity contribution is 5.76. The number of hydrogen-bond acceptors (Lipinski definition) is 7. The van der Waals surface area contributed by atoms with Crippen molar-refractivity contribution in [2.24, 2.45) is 0 Å². The third-order valence-electron chi connectivity index (χ3n) is 3.31. The van der Waals surface area contributed by atoms with Gasteiger partial charge in [0.1, 0.15) is 13.2 Å². The fraction of sp³-hybridized carbons (Fsp3) is 0.364. The van der Waals surface area contributed by atoms with E-state index in [9.17, 15) is 9.59 Å². The maximum Gasteiger partial charge on any atom is 0.337 e. The minimum absolute atomic E-state index is 0.0663. The summed E-state index contributed by atoms with van der Waals surface area (Å²) in [5, 5.41) is 0. The molecular formula is C22H26O7. The molecule has 0 aromatic heterocycles. The lowest BCUT2D eigenvalue weighted by Gasteiger charge is -2.14. The molecule has 0 aliphatic rings. The van der Waals surface area contributed by atoms with Crippen LogP contribution >= 0.6 is 0 Å². The van der Waals surface area contributed by atoms with Crippen LogP contribution in [0.1, 0.15) is 27.7 Å². The molecule has 0 aliphatic heterocycles. The largest absolute Gasteiger partial charge is 0.487 e. The highest BCUT2D eigenvalue weighted by Crippen LogP contribution is 2.28. The van der Waals surface area contributed by atoms with Crippen LogP contribution in [0, 0.1) is 0 Å². The molecule has 0 fully saturated rings. The molecule has 0 heterocycles. The van der Waals surface area contributed by atoms with Crippen molar-refractivity contribution < 1.29 is 33.3 Å². The van der Waals surface area contributed by atoms with Gasteiger partial charge in [-0.05, 0) is 52.0 Å². The average molecular weight is 402 g/mol. The Morgan fingerprint density at radius 2 is 1.00 bits per heavy atom. The number of para-hydroxylation sites is 4. The van der Waals surface area contributed by atoms with Gasteiger partial charge < -0.3 is 23.7 Å². The van der Waals surface area contributed by atoms with E-state index in [4.69, 9.17) is 23.7 Å². The van der Waals surface area contributed by atoms with Gasteiger partial charge in [0.15, 0.2) is 23.0 Å². The van der Waals surface area contributed by atoms with Gasteiger partial charge in [-0.1, -0.05) is 24.3 Å². The highest BCUT2D eigenvalue weighted by atomic mass is 16.6. The standard InChI is InChI=1S/C22H26O7/c1-15(2)26-17-9-5-7-11-19(17)28-21(23)13-25-14-22(24)29-20-12-8-6-10-18(20)27-16(3)4/h5-12,15-16H,13-14H2,1-4H3. The van der Waals surface area contributed by atoms with Gasteiger partial charge in [-0.2, -0.15) is 0 Å². The first kappa shape index (κ1) is 22.2.